The molecule has 0 aliphatic carbocycles. The van der Waals surface area contributed by atoms with Crippen molar-refractivity contribution >= 4 is 17.7 Å². The standard InChI is InChI=1S/C13H15NO3/c1-9(13(15)16)7-10-3-4-11-12(8-10)17-6-5-14(11)2/h3-4,7-8H,5-6H2,1-2H3,(H,15,16)/b9-7+. The molecule has 90 valence electrons. The molecule has 1 aliphatic heterocycles. The van der Waals surface area contributed by atoms with Crippen molar-refractivity contribution in [3.05, 3.63) is 29.3 Å². The number of rotatable bonds is 2. The predicted octanol–water partition coefficient (Wildman–Crippen LogP) is 2.00. The maximum absolute atomic E-state index is 10.7. The highest BCUT2D eigenvalue weighted by molar-refractivity contribution is 5.91. The number of carboxylic acids is 1. The van der Waals surface area contributed by atoms with Gasteiger partial charge in [0.2, 0.25) is 0 Å². The Hall–Kier alpha value is -1.97. The van der Waals surface area contributed by atoms with Gasteiger partial charge in [-0.1, -0.05) is 6.07 Å². The van der Waals surface area contributed by atoms with Crippen molar-refractivity contribution in [3.63, 3.8) is 0 Å². The molecule has 2 rings (SSSR count). The van der Waals surface area contributed by atoms with Gasteiger partial charge < -0.3 is 14.7 Å². The smallest absolute Gasteiger partial charge is 0.331 e. The second-order valence-electron chi connectivity index (χ2n) is 4.13. The zero-order valence-corrected chi connectivity index (χ0v) is 9.93. The fourth-order valence-corrected chi connectivity index (χ4v) is 1.78. The van der Waals surface area contributed by atoms with Crippen LogP contribution >= 0.6 is 0 Å². The highest BCUT2D eigenvalue weighted by atomic mass is 16.5. The van der Waals surface area contributed by atoms with Gasteiger partial charge in [0.1, 0.15) is 12.4 Å². The molecule has 1 aromatic rings. The number of hydrogen-bond acceptors (Lipinski definition) is 3. The Bertz CT molecular complexity index is 480. The quantitative estimate of drug-likeness (QED) is 0.794. The second kappa shape index (κ2) is 4.49. The third kappa shape index (κ3) is 2.41. The van der Waals surface area contributed by atoms with Crippen LogP contribution in [0.2, 0.25) is 0 Å². The Labute approximate surface area is 100 Å². The first kappa shape index (κ1) is 11.5. The summed E-state index contributed by atoms with van der Waals surface area (Å²) in [6.07, 6.45) is 1.64. The Morgan fingerprint density at radius 1 is 1.53 bits per heavy atom. The zero-order chi connectivity index (χ0) is 12.4. The molecule has 0 spiro atoms. The largest absolute Gasteiger partial charge is 0.490 e. The monoisotopic (exact) mass is 233 g/mol. The molecule has 0 saturated heterocycles. The summed E-state index contributed by atoms with van der Waals surface area (Å²) < 4.78 is 5.56. The summed E-state index contributed by atoms with van der Waals surface area (Å²) in [6, 6.07) is 5.73. The molecule has 0 atom stereocenters. The lowest BCUT2D eigenvalue weighted by molar-refractivity contribution is -0.132. The van der Waals surface area contributed by atoms with Gasteiger partial charge in [-0.3, -0.25) is 0 Å². The number of aliphatic carboxylic acids is 1. The summed E-state index contributed by atoms with van der Waals surface area (Å²) >= 11 is 0. The summed E-state index contributed by atoms with van der Waals surface area (Å²) in [5, 5.41) is 8.82. The summed E-state index contributed by atoms with van der Waals surface area (Å²) in [5.41, 5.74) is 2.20. The van der Waals surface area contributed by atoms with Crippen LogP contribution in [0.1, 0.15) is 12.5 Å². The average Bonchev–Trinajstić information content (AvgIpc) is 2.29. The van der Waals surface area contributed by atoms with E-state index in [1.165, 1.54) is 0 Å². The topological polar surface area (TPSA) is 49.8 Å². The number of carbonyl (C=O) groups is 1. The van der Waals surface area contributed by atoms with Gasteiger partial charge in [0.25, 0.3) is 0 Å². The third-order valence-corrected chi connectivity index (χ3v) is 2.80. The Balaban J connectivity index is 2.34. The molecule has 1 heterocycles. The van der Waals surface area contributed by atoms with E-state index in [-0.39, 0.29) is 0 Å². The van der Waals surface area contributed by atoms with Crippen molar-refractivity contribution in [1.82, 2.24) is 0 Å². The normalized spacial score (nSPS) is 15.2. The van der Waals surface area contributed by atoms with Crippen LogP contribution in [0, 0.1) is 0 Å². The molecule has 0 bridgehead atoms. The van der Waals surface area contributed by atoms with E-state index in [9.17, 15) is 4.79 Å². The number of nitrogens with zero attached hydrogens (tertiary/aromatic N) is 1. The van der Waals surface area contributed by atoms with Crippen LogP contribution in [0.5, 0.6) is 5.75 Å². The SMILES string of the molecule is C/C(=C\c1ccc2c(c1)OCCN2C)C(=O)O. The van der Waals surface area contributed by atoms with E-state index in [4.69, 9.17) is 9.84 Å². The van der Waals surface area contributed by atoms with Gasteiger partial charge in [0, 0.05) is 12.6 Å². The van der Waals surface area contributed by atoms with Crippen molar-refractivity contribution < 1.29 is 14.6 Å². The van der Waals surface area contributed by atoms with Crippen LogP contribution in [0.15, 0.2) is 23.8 Å². The lowest BCUT2D eigenvalue weighted by Gasteiger charge is -2.27. The van der Waals surface area contributed by atoms with Gasteiger partial charge in [0.05, 0.1) is 12.2 Å². The molecule has 1 aliphatic rings. The molecule has 17 heavy (non-hydrogen) atoms. The maximum atomic E-state index is 10.7. The molecule has 0 amide bonds. The number of ether oxygens (including phenoxy) is 1. The molecular formula is C13H15NO3. The van der Waals surface area contributed by atoms with E-state index in [1.54, 1.807) is 13.0 Å². The summed E-state index contributed by atoms with van der Waals surface area (Å²) in [7, 11) is 2.01. The fourth-order valence-electron chi connectivity index (χ4n) is 1.78. The van der Waals surface area contributed by atoms with Gasteiger partial charge in [0.15, 0.2) is 0 Å². The molecule has 0 fully saturated rings. The third-order valence-electron chi connectivity index (χ3n) is 2.80. The van der Waals surface area contributed by atoms with E-state index >= 15 is 0 Å². The molecular weight excluding hydrogens is 218 g/mol. The maximum Gasteiger partial charge on any atom is 0.331 e. The Morgan fingerprint density at radius 3 is 3.00 bits per heavy atom. The minimum atomic E-state index is -0.902. The van der Waals surface area contributed by atoms with Crippen LogP contribution in [0.4, 0.5) is 5.69 Å². The highest BCUT2D eigenvalue weighted by Crippen LogP contribution is 2.31. The van der Waals surface area contributed by atoms with Gasteiger partial charge in [-0.15, -0.1) is 0 Å². The molecule has 0 unspecified atom stereocenters. The average molecular weight is 233 g/mol. The van der Waals surface area contributed by atoms with Gasteiger partial charge in [-0.2, -0.15) is 0 Å². The summed E-state index contributed by atoms with van der Waals surface area (Å²) in [5.74, 6) is -0.0913. The molecule has 4 heteroatoms. The number of carboxylic acid groups (broad SMARTS) is 1. The molecule has 1 aromatic carbocycles. The van der Waals surface area contributed by atoms with Crippen LogP contribution in [-0.4, -0.2) is 31.3 Å². The number of anilines is 1. The molecule has 0 saturated carbocycles. The van der Waals surface area contributed by atoms with Gasteiger partial charge in [-0.05, 0) is 30.7 Å². The number of benzene rings is 1. The molecule has 1 N–H and O–H groups in total. The minimum absolute atomic E-state index is 0.314. The summed E-state index contributed by atoms with van der Waals surface area (Å²) in [4.78, 5) is 12.9. The lowest BCUT2D eigenvalue weighted by atomic mass is 10.1. The Kier molecular flexibility index (Phi) is 3.04. The first-order valence-electron chi connectivity index (χ1n) is 5.47. The number of fused-ring (bicyclic) bond motifs is 1. The van der Waals surface area contributed by atoms with E-state index in [0.29, 0.717) is 12.2 Å². The first-order chi connectivity index (χ1) is 8.08. The van der Waals surface area contributed by atoms with Crippen LogP contribution in [-0.2, 0) is 4.79 Å². The van der Waals surface area contributed by atoms with E-state index < -0.39 is 5.97 Å². The van der Waals surface area contributed by atoms with Crippen molar-refractivity contribution in [1.29, 1.82) is 0 Å². The van der Waals surface area contributed by atoms with E-state index in [0.717, 1.165) is 23.5 Å². The molecule has 4 nitrogen and oxygen atoms in total. The summed E-state index contributed by atoms with van der Waals surface area (Å²) in [6.45, 7) is 3.11. The highest BCUT2D eigenvalue weighted by Gasteiger charge is 2.14. The van der Waals surface area contributed by atoms with Gasteiger partial charge in [-0.25, -0.2) is 4.79 Å². The van der Waals surface area contributed by atoms with Crippen molar-refractivity contribution in [2.45, 2.75) is 6.92 Å². The van der Waals surface area contributed by atoms with Crippen molar-refractivity contribution in [2.75, 3.05) is 25.1 Å². The lowest BCUT2D eigenvalue weighted by Crippen LogP contribution is -2.28. The minimum Gasteiger partial charge on any atom is -0.490 e. The van der Waals surface area contributed by atoms with Crippen LogP contribution < -0.4 is 9.64 Å². The second-order valence-corrected chi connectivity index (χ2v) is 4.13. The first-order valence-corrected chi connectivity index (χ1v) is 5.47. The Morgan fingerprint density at radius 2 is 2.29 bits per heavy atom. The number of hydrogen-bond donors (Lipinski definition) is 1. The van der Waals surface area contributed by atoms with E-state index in [1.807, 2.05) is 25.2 Å². The fraction of sp³-hybridized carbons (Fsp3) is 0.308. The molecule has 0 radical (unpaired) electrons. The zero-order valence-electron chi connectivity index (χ0n) is 9.93. The molecule has 0 aromatic heterocycles. The predicted molar refractivity (Wildman–Crippen MR) is 66.5 cm³/mol. The van der Waals surface area contributed by atoms with Crippen molar-refractivity contribution in [3.8, 4) is 5.75 Å². The van der Waals surface area contributed by atoms with E-state index in [2.05, 4.69) is 4.90 Å². The van der Waals surface area contributed by atoms with Gasteiger partial charge >= 0.3 is 5.97 Å². The van der Waals surface area contributed by atoms with Crippen molar-refractivity contribution in [2.24, 2.45) is 0 Å². The van der Waals surface area contributed by atoms with Crippen LogP contribution in [0.25, 0.3) is 6.08 Å². The number of likely N-dealkylation sites (N-methyl/N-ethyl adjacent to an activating group) is 1. The van der Waals surface area contributed by atoms with Crippen LogP contribution in [0.3, 0.4) is 0 Å².